The van der Waals surface area contributed by atoms with Gasteiger partial charge in [0.15, 0.2) is 0 Å². The lowest BCUT2D eigenvalue weighted by Gasteiger charge is -2.26. The number of sulfonamides is 1. The van der Waals surface area contributed by atoms with Crippen LogP contribution in [-0.2, 0) is 25.7 Å². The summed E-state index contributed by atoms with van der Waals surface area (Å²) >= 11 is 0. The van der Waals surface area contributed by atoms with Crippen LogP contribution in [0.3, 0.4) is 0 Å². The lowest BCUT2D eigenvalue weighted by molar-refractivity contribution is -0.141. The highest BCUT2D eigenvalue weighted by Gasteiger charge is 2.39. The molecule has 1 aromatic carbocycles. The second-order valence-corrected chi connectivity index (χ2v) is 6.57. The maximum Gasteiger partial charge on any atom is 0.417 e. The summed E-state index contributed by atoms with van der Waals surface area (Å²) in [5, 5.41) is 0. The molecule has 0 N–H and O–H groups in total. The van der Waals surface area contributed by atoms with Gasteiger partial charge < -0.3 is 4.74 Å². The van der Waals surface area contributed by atoms with E-state index in [1.54, 1.807) is 0 Å². The second kappa shape index (κ2) is 6.66. The molecule has 1 aromatic rings. The summed E-state index contributed by atoms with van der Waals surface area (Å²) < 4.78 is 69.1. The fourth-order valence-corrected chi connectivity index (χ4v) is 3.58. The van der Waals surface area contributed by atoms with Gasteiger partial charge >= 0.3 is 12.1 Å². The summed E-state index contributed by atoms with van der Waals surface area (Å²) in [6.07, 6.45) is -4.82. The van der Waals surface area contributed by atoms with Crippen molar-refractivity contribution in [3.05, 3.63) is 29.8 Å². The van der Waals surface area contributed by atoms with Gasteiger partial charge in [0.25, 0.3) is 0 Å². The van der Waals surface area contributed by atoms with Gasteiger partial charge in [-0.15, -0.1) is 0 Å². The minimum absolute atomic E-state index is 0.664. The molecular formula is C13H16F3NO4S. The Morgan fingerprint density at radius 1 is 1.27 bits per heavy atom. The predicted molar refractivity (Wildman–Crippen MR) is 72.5 cm³/mol. The van der Waals surface area contributed by atoms with E-state index in [1.807, 2.05) is 0 Å². The SMILES string of the molecule is COC(=O)CN(C(C)C)S(=O)(=O)c1ccccc1C(F)(F)F. The van der Waals surface area contributed by atoms with Crippen LogP contribution in [0.25, 0.3) is 0 Å². The molecule has 0 fully saturated rings. The van der Waals surface area contributed by atoms with Crippen molar-refractivity contribution in [2.24, 2.45) is 0 Å². The van der Waals surface area contributed by atoms with Crippen molar-refractivity contribution in [2.75, 3.05) is 13.7 Å². The number of hydrogen-bond donors (Lipinski definition) is 0. The smallest absolute Gasteiger partial charge is 0.417 e. The Bertz CT molecular complexity index is 641. The van der Waals surface area contributed by atoms with Crippen LogP contribution in [0.1, 0.15) is 19.4 Å². The molecule has 0 saturated heterocycles. The summed E-state index contributed by atoms with van der Waals surface area (Å²) in [5.74, 6) is -0.859. The molecule has 0 atom stereocenters. The molecule has 0 radical (unpaired) electrons. The van der Waals surface area contributed by atoms with Gasteiger partial charge in [-0.2, -0.15) is 17.5 Å². The zero-order valence-electron chi connectivity index (χ0n) is 12.2. The molecule has 5 nitrogen and oxygen atoms in total. The van der Waals surface area contributed by atoms with Crippen LogP contribution in [0, 0.1) is 0 Å². The summed E-state index contributed by atoms with van der Waals surface area (Å²) in [6.45, 7) is 2.25. The van der Waals surface area contributed by atoms with Gasteiger partial charge in [-0.1, -0.05) is 12.1 Å². The average Bonchev–Trinajstić information content (AvgIpc) is 2.42. The van der Waals surface area contributed by atoms with Crippen molar-refractivity contribution in [3.63, 3.8) is 0 Å². The van der Waals surface area contributed by atoms with E-state index in [1.165, 1.54) is 19.9 Å². The summed E-state index contributed by atoms with van der Waals surface area (Å²) in [4.78, 5) is 10.4. The largest absolute Gasteiger partial charge is 0.468 e. The molecule has 1 rings (SSSR count). The van der Waals surface area contributed by atoms with Crippen LogP contribution in [0.15, 0.2) is 29.2 Å². The van der Waals surface area contributed by atoms with E-state index in [2.05, 4.69) is 4.74 Å². The quantitative estimate of drug-likeness (QED) is 0.772. The van der Waals surface area contributed by atoms with Crippen LogP contribution < -0.4 is 0 Å². The minimum Gasteiger partial charge on any atom is -0.468 e. The van der Waals surface area contributed by atoms with Crippen molar-refractivity contribution in [1.29, 1.82) is 0 Å². The molecule has 9 heteroatoms. The Balaban J connectivity index is 3.42. The molecular weight excluding hydrogens is 323 g/mol. The third-order valence-electron chi connectivity index (χ3n) is 2.87. The van der Waals surface area contributed by atoms with Crippen molar-refractivity contribution in [2.45, 2.75) is 31.0 Å². The molecule has 0 unspecified atom stereocenters. The maximum atomic E-state index is 13.0. The van der Waals surface area contributed by atoms with E-state index < -0.39 is 45.2 Å². The predicted octanol–water partition coefficient (Wildman–Crippen LogP) is 2.28. The highest BCUT2D eigenvalue weighted by Crippen LogP contribution is 2.35. The summed E-state index contributed by atoms with van der Waals surface area (Å²) in [6, 6.07) is 3.13. The van der Waals surface area contributed by atoms with E-state index >= 15 is 0 Å². The van der Waals surface area contributed by atoms with E-state index in [0.717, 1.165) is 19.2 Å². The maximum absolute atomic E-state index is 13.0. The normalized spacial score (nSPS) is 12.7. The fraction of sp³-hybridized carbons (Fsp3) is 0.462. The molecule has 22 heavy (non-hydrogen) atoms. The van der Waals surface area contributed by atoms with Gasteiger partial charge in [-0.05, 0) is 26.0 Å². The number of hydrogen-bond acceptors (Lipinski definition) is 4. The van der Waals surface area contributed by atoms with E-state index in [9.17, 15) is 26.4 Å². The standard InChI is InChI=1S/C13H16F3NO4S/c1-9(2)17(8-12(18)21-3)22(19,20)11-7-5-4-6-10(11)13(14,15)16/h4-7,9H,8H2,1-3H3. The van der Waals surface area contributed by atoms with Crippen molar-refractivity contribution in [1.82, 2.24) is 4.31 Å². The molecule has 124 valence electrons. The van der Waals surface area contributed by atoms with Crippen LogP contribution in [-0.4, -0.2) is 38.4 Å². The van der Waals surface area contributed by atoms with Crippen molar-refractivity contribution < 1.29 is 31.1 Å². The zero-order valence-corrected chi connectivity index (χ0v) is 13.0. The number of ether oxygens (including phenoxy) is 1. The Labute approximate surface area is 126 Å². The van der Waals surface area contributed by atoms with Gasteiger partial charge in [0.1, 0.15) is 6.54 Å². The van der Waals surface area contributed by atoms with Gasteiger partial charge in [0.2, 0.25) is 10.0 Å². The molecule has 0 aliphatic rings. The molecule has 0 amide bonds. The van der Waals surface area contributed by atoms with E-state index in [-0.39, 0.29) is 0 Å². The number of rotatable bonds is 5. The monoisotopic (exact) mass is 339 g/mol. The van der Waals surface area contributed by atoms with Crippen LogP contribution >= 0.6 is 0 Å². The molecule has 0 spiro atoms. The number of carbonyl (C=O) groups is 1. The number of nitrogens with zero attached hydrogens (tertiary/aromatic N) is 1. The molecule has 0 aliphatic carbocycles. The third kappa shape index (κ3) is 3.98. The minimum atomic E-state index is -4.82. The Kier molecular flexibility index (Phi) is 5.58. The Hall–Kier alpha value is -1.61. The molecule has 0 heterocycles. The second-order valence-electron chi connectivity index (χ2n) is 4.71. The first kappa shape index (κ1) is 18.4. The lowest BCUT2D eigenvalue weighted by atomic mass is 10.2. The van der Waals surface area contributed by atoms with Gasteiger partial charge in [0.05, 0.1) is 17.6 Å². The number of methoxy groups -OCH3 is 1. The number of benzene rings is 1. The molecule has 0 bridgehead atoms. The van der Waals surface area contributed by atoms with Crippen LogP contribution in [0.4, 0.5) is 13.2 Å². The first-order valence-corrected chi connectivity index (χ1v) is 7.70. The zero-order chi connectivity index (χ0) is 17.1. The average molecular weight is 339 g/mol. The Morgan fingerprint density at radius 3 is 2.27 bits per heavy atom. The molecule has 0 aromatic heterocycles. The highest BCUT2D eigenvalue weighted by atomic mass is 32.2. The molecule has 0 aliphatic heterocycles. The Morgan fingerprint density at radius 2 is 1.82 bits per heavy atom. The van der Waals surface area contributed by atoms with Crippen molar-refractivity contribution >= 4 is 16.0 Å². The number of carbonyl (C=O) groups excluding carboxylic acids is 1. The first-order chi connectivity index (χ1) is 10.0. The van der Waals surface area contributed by atoms with Gasteiger partial charge in [0, 0.05) is 6.04 Å². The van der Waals surface area contributed by atoms with E-state index in [4.69, 9.17) is 0 Å². The fourth-order valence-electron chi connectivity index (χ4n) is 1.79. The van der Waals surface area contributed by atoms with E-state index in [0.29, 0.717) is 10.4 Å². The number of esters is 1. The van der Waals surface area contributed by atoms with Gasteiger partial charge in [-0.25, -0.2) is 8.42 Å². The molecule has 0 saturated carbocycles. The van der Waals surface area contributed by atoms with Crippen LogP contribution in [0.5, 0.6) is 0 Å². The van der Waals surface area contributed by atoms with Gasteiger partial charge in [-0.3, -0.25) is 4.79 Å². The third-order valence-corrected chi connectivity index (χ3v) is 4.95. The summed E-state index contributed by atoms with van der Waals surface area (Å²) in [5.41, 5.74) is -1.27. The lowest BCUT2D eigenvalue weighted by Crippen LogP contribution is -2.41. The van der Waals surface area contributed by atoms with Crippen LogP contribution in [0.2, 0.25) is 0 Å². The number of alkyl halides is 3. The highest BCUT2D eigenvalue weighted by molar-refractivity contribution is 7.89. The number of halogens is 3. The topological polar surface area (TPSA) is 63.7 Å². The summed E-state index contributed by atoms with van der Waals surface area (Å²) in [7, 11) is -3.44. The first-order valence-electron chi connectivity index (χ1n) is 6.26. The van der Waals surface area contributed by atoms with Crippen molar-refractivity contribution in [3.8, 4) is 0 Å².